The molecule has 0 aromatic heterocycles. The van der Waals surface area contributed by atoms with Gasteiger partial charge in [-0.2, -0.15) is 0 Å². The van der Waals surface area contributed by atoms with Crippen LogP contribution in [-0.4, -0.2) is 43.3 Å². The Kier molecular flexibility index (Phi) is 7.82. The number of hydrogen-bond donors (Lipinski definition) is 2. The van der Waals surface area contributed by atoms with Crippen molar-refractivity contribution >= 4 is 0 Å². The van der Waals surface area contributed by atoms with Crippen molar-refractivity contribution in [3.8, 4) is 0 Å². The largest absolute Gasteiger partial charge is 0.395 e. The van der Waals surface area contributed by atoms with Crippen LogP contribution in [0.25, 0.3) is 0 Å². The molecule has 1 aromatic carbocycles. The number of hydrogen-bond acceptors (Lipinski definition) is 3. The molecule has 0 saturated heterocycles. The van der Waals surface area contributed by atoms with Gasteiger partial charge in [-0.15, -0.1) is 0 Å². The van der Waals surface area contributed by atoms with Crippen molar-refractivity contribution < 1.29 is 5.11 Å². The van der Waals surface area contributed by atoms with Crippen LogP contribution in [0.3, 0.4) is 0 Å². The molecule has 0 radical (unpaired) electrons. The molecule has 1 rings (SSSR count). The number of aliphatic hydroxyl groups excluding tert-OH is 1. The predicted octanol–water partition coefficient (Wildman–Crippen LogP) is 2.66. The number of nitrogens with one attached hydrogen (secondary N) is 1. The Bertz CT molecular complexity index is 366. The lowest BCUT2D eigenvalue weighted by atomic mass is 9.99. The summed E-state index contributed by atoms with van der Waals surface area (Å²) in [6, 6.07) is 7.13. The molecule has 0 aliphatic rings. The van der Waals surface area contributed by atoms with Crippen molar-refractivity contribution in [2.75, 3.05) is 33.3 Å². The molecule has 2 N–H and O–H groups in total. The number of rotatable bonds is 9. The highest BCUT2D eigenvalue weighted by Gasteiger charge is 2.12. The van der Waals surface area contributed by atoms with Crippen LogP contribution < -0.4 is 5.32 Å². The summed E-state index contributed by atoms with van der Waals surface area (Å²) in [5.41, 5.74) is 4.01. The zero-order chi connectivity index (χ0) is 15.0. The molecule has 0 saturated carbocycles. The second-order valence-electron chi connectivity index (χ2n) is 5.62. The van der Waals surface area contributed by atoms with Crippen LogP contribution in [-0.2, 0) is 0 Å². The molecule has 0 fully saturated rings. The molecule has 3 heteroatoms. The van der Waals surface area contributed by atoms with Gasteiger partial charge in [-0.3, -0.25) is 0 Å². The van der Waals surface area contributed by atoms with Gasteiger partial charge in [0, 0.05) is 19.1 Å². The fraction of sp³-hybridized carbons (Fsp3) is 0.647. The van der Waals surface area contributed by atoms with E-state index in [0.717, 1.165) is 32.5 Å². The van der Waals surface area contributed by atoms with Gasteiger partial charge in [-0.05, 0) is 45.8 Å². The fourth-order valence-electron chi connectivity index (χ4n) is 2.79. The highest BCUT2D eigenvalue weighted by atomic mass is 16.3. The lowest BCUT2D eigenvalue weighted by molar-refractivity contribution is 0.190. The van der Waals surface area contributed by atoms with Crippen molar-refractivity contribution in [3.05, 3.63) is 34.9 Å². The van der Waals surface area contributed by atoms with Crippen molar-refractivity contribution in [1.29, 1.82) is 0 Å². The summed E-state index contributed by atoms with van der Waals surface area (Å²) in [4.78, 5) is 2.34. The first-order chi connectivity index (χ1) is 9.60. The van der Waals surface area contributed by atoms with E-state index in [4.69, 9.17) is 5.11 Å². The zero-order valence-electron chi connectivity index (χ0n) is 13.4. The summed E-state index contributed by atoms with van der Waals surface area (Å²) in [6.45, 7) is 9.59. The zero-order valence-corrected chi connectivity index (χ0v) is 13.4. The fourth-order valence-corrected chi connectivity index (χ4v) is 2.79. The van der Waals surface area contributed by atoms with E-state index in [1.165, 1.54) is 16.7 Å². The van der Waals surface area contributed by atoms with Crippen LogP contribution >= 0.6 is 0 Å². The van der Waals surface area contributed by atoms with E-state index in [2.05, 4.69) is 49.2 Å². The average molecular weight is 278 g/mol. The molecule has 3 nitrogen and oxygen atoms in total. The van der Waals surface area contributed by atoms with E-state index in [1.807, 2.05) is 7.05 Å². The maximum atomic E-state index is 9.12. The molecule has 0 heterocycles. The molecule has 0 aliphatic heterocycles. The SMILES string of the molecule is CCCN(CCO)CCC(NC)c1cc(C)cc(C)c1. The van der Waals surface area contributed by atoms with Gasteiger partial charge in [-0.25, -0.2) is 0 Å². The Balaban J connectivity index is 2.66. The van der Waals surface area contributed by atoms with E-state index in [9.17, 15) is 0 Å². The van der Waals surface area contributed by atoms with E-state index in [1.54, 1.807) is 0 Å². The summed E-state index contributed by atoms with van der Waals surface area (Å²) in [5.74, 6) is 0. The molecule has 1 atom stereocenters. The highest BCUT2D eigenvalue weighted by Crippen LogP contribution is 2.20. The molecule has 20 heavy (non-hydrogen) atoms. The lowest BCUT2D eigenvalue weighted by Gasteiger charge is -2.24. The molecule has 0 spiro atoms. The standard InChI is InChI=1S/C17H30N2O/c1-5-7-19(9-10-20)8-6-17(18-4)16-12-14(2)11-15(3)13-16/h11-13,17-18,20H,5-10H2,1-4H3. The van der Waals surface area contributed by atoms with Crippen molar-refractivity contribution in [2.45, 2.75) is 39.7 Å². The van der Waals surface area contributed by atoms with E-state index in [-0.39, 0.29) is 6.61 Å². The Labute approximate surface area is 124 Å². The minimum atomic E-state index is 0.244. The van der Waals surface area contributed by atoms with Crippen molar-refractivity contribution in [1.82, 2.24) is 10.2 Å². The highest BCUT2D eigenvalue weighted by molar-refractivity contribution is 5.30. The summed E-state index contributed by atoms with van der Waals surface area (Å²) in [5, 5.41) is 12.5. The van der Waals surface area contributed by atoms with Gasteiger partial charge < -0.3 is 15.3 Å². The number of aliphatic hydroxyl groups is 1. The maximum Gasteiger partial charge on any atom is 0.0558 e. The normalized spacial score (nSPS) is 12.9. The maximum absolute atomic E-state index is 9.12. The lowest BCUT2D eigenvalue weighted by Crippen LogP contribution is -2.31. The Morgan fingerprint density at radius 3 is 2.25 bits per heavy atom. The summed E-state index contributed by atoms with van der Waals surface area (Å²) in [7, 11) is 2.03. The van der Waals surface area contributed by atoms with Crippen LogP contribution in [0, 0.1) is 13.8 Å². The molecule has 0 aliphatic carbocycles. The Hall–Kier alpha value is -0.900. The molecular weight excluding hydrogens is 248 g/mol. The van der Waals surface area contributed by atoms with Crippen LogP contribution in [0.1, 0.15) is 42.5 Å². The number of benzene rings is 1. The van der Waals surface area contributed by atoms with Crippen molar-refractivity contribution in [2.24, 2.45) is 0 Å². The quantitative estimate of drug-likeness (QED) is 0.729. The topological polar surface area (TPSA) is 35.5 Å². The second kappa shape index (κ2) is 9.11. The van der Waals surface area contributed by atoms with E-state index in [0.29, 0.717) is 6.04 Å². The first-order valence-electron chi connectivity index (χ1n) is 7.69. The van der Waals surface area contributed by atoms with Gasteiger partial charge in [0.2, 0.25) is 0 Å². The van der Waals surface area contributed by atoms with Gasteiger partial charge in [0.1, 0.15) is 0 Å². The third-order valence-electron chi connectivity index (χ3n) is 3.68. The summed E-state index contributed by atoms with van der Waals surface area (Å²) >= 11 is 0. The van der Waals surface area contributed by atoms with Crippen LogP contribution in [0.2, 0.25) is 0 Å². The minimum Gasteiger partial charge on any atom is -0.395 e. The van der Waals surface area contributed by atoms with Gasteiger partial charge in [0.15, 0.2) is 0 Å². The number of nitrogens with zero attached hydrogens (tertiary/aromatic N) is 1. The van der Waals surface area contributed by atoms with Crippen LogP contribution in [0.15, 0.2) is 18.2 Å². The average Bonchev–Trinajstić information content (AvgIpc) is 2.38. The van der Waals surface area contributed by atoms with Gasteiger partial charge in [0.05, 0.1) is 6.61 Å². The molecule has 0 bridgehead atoms. The molecule has 0 amide bonds. The third kappa shape index (κ3) is 5.61. The summed E-state index contributed by atoms with van der Waals surface area (Å²) in [6.07, 6.45) is 2.20. The molecular formula is C17H30N2O. The Morgan fingerprint density at radius 2 is 1.75 bits per heavy atom. The van der Waals surface area contributed by atoms with Gasteiger partial charge in [0.25, 0.3) is 0 Å². The van der Waals surface area contributed by atoms with E-state index >= 15 is 0 Å². The van der Waals surface area contributed by atoms with Gasteiger partial charge >= 0.3 is 0 Å². The van der Waals surface area contributed by atoms with Crippen molar-refractivity contribution in [3.63, 3.8) is 0 Å². The third-order valence-corrected chi connectivity index (χ3v) is 3.68. The van der Waals surface area contributed by atoms with Gasteiger partial charge in [-0.1, -0.05) is 36.2 Å². The Morgan fingerprint density at radius 1 is 1.10 bits per heavy atom. The first kappa shape index (κ1) is 17.2. The number of aryl methyl sites for hydroxylation is 2. The summed E-state index contributed by atoms with van der Waals surface area (Å²) < 4.78 is 0. The predicted molar refractivity (Wildman–Crippen MR) is 86.2 cm³/mol. The second-order valence-corrected chi connectivity index (χ2v) is 5.62. The van der Waals surface area contributed by atoms with Crippen LogP contribution in [0.5, 0.6) is 0 Å². The van der Waals surface area contributed by atoms with Crippen LogP contribution in [0.4, 0.5) is 0 Å². The van der Waals surface area contributed by atoms with E-state index < -0.39 is 0 Å². The molecule has 1 aromatic rings. The smallest absolute Gasteiger partial charge is 0.0558 e. The monoisotopic (exact) mass is 278 g/mol. The first-order valence-corrected chi connectivity index (χ1v) is 7.69. The minimum absolute atomic E-state index is 0.244. The molecule has 114 valence electrons. The molecule has 1 unspecified atom stereocenters.